The van der Waals surface area contributed by atoms with Crippen LogP contribution in [0.2, 0.25) is 10.2 Å². The molecule has 0 unspecified atom stereocenters. The van der Waals surface area contributed by atoms with Crippen molar-refractivity contribution in [1.82, 2.24) is 20.7 Å². The maximum Gasteiger partial charge on any atom is 0.359 e. The minimum atomic E-state index is -1.35. The zero-order chi connectivity index (χ0) is 21.2. The van der Waals surface area contributed by atoms with Crippen LogP contribution in [0.4, 0.5) is 4.79 Å². The largest absolute Gasteiger partial charge is 0.451 e. The highest BCUT2D eigenvalue weighted by Gasteiger charge is 2.50. The van der Waals surface area contributed by atoms with Crippen molar-refractivity contribution in [2.45, 2.75) is 12.5 Å². The minimum Gasteiger partial charge on any atom is -0.451 e. The Morgan fingerprint density at radius 3 is 2.55 bits per heavy atom. The van der Waals surface area contributed by atoms with Crippen LogP contribution in [-0.2, 0) is 19.9 Å². The predicted molar refractivity (Wildman–Crippen MR) is 102 cm³/mol. The summed E-state index contributed by atoms with van der Waals surface area (Å²) in [5.41, 5.74) is 1.05. The lowest BCUT2D eigenvalue weighted by molar-refractivity contribution is -0.140. The highest BCUT2D eigenvalue weighted by atomic mass is 35.5. The number of nitrogens with one attached hydrogen (secondary N) is 2. The van der Waals surface area contributed by atoms with Crippen molar-refractivity contribution in [2.24, 2.45) is 0 Å². The molecule has 0 aliphatic carbocycles. The first kappa shape index (κ1) is 20.6. The van der Waals surface area contributed by atoms with Crippen LogP contribution in [0.5, 0.6) is 0 Å². The maximum absolute atomic E-state index is 12.7. The van der Waals surface area contributed by atoms with E-state index in [0.29, 0.717) is 10.6 Å². The van der Waals surface area contributed by atoms with Crippen molar-refractivity contribution in [3.63, 3.8) is 0 Å². The summed E-state index contributed by atoms with van der Waals surface area (Å²) in [6, 6.07) is 10.5. The second-order valence-electron chi connectivity index (χ2n) is 6.14. The molecule has 0 bridgehead atoms. The molecule has 0 saturated carbocycles. The SMILES string of the molecule is C[C@]1(c2ccccc2)NC(=O)N(NC(=O)COC(=O)c2nc(Cl)ccc2Cl)C1=O. The first-order chi connectivity index (χ1) is 13.7. The Morgan fingerprint density at radius 1 is 1.17 bits per heavy atom. The molecular weight excluding hydrogens is 423 g/mol. The molecule has 1 aromatic carbocycles. The Balaban J connectivity index is 1.63. The van der Waals surface area contributed by atoms with Crippen molar-refractivity contribution in [3.05, 3.63) is 63.9 Å². The molecule has 29 heavy (non-hydrogen) atoms. The van der Waals surface area contributed by atoms with Gasteiger partial charge in [0.25, 0.3) is 11.8 Å². The summed E-state index contributed by atoms with van der Waals surface area (Å²) in [5, 5.41) is 3.08. The van der Waals surface area contributed by atoms with Crippen LogP contribution in [0, 0.1) is 0 Å². The number of esters is 1. The van der Waals surface area contributed by atoms with Gasteiger partial charge in [0.15, 0.2) is 12.3 Å². The number of urea groups is 1. The summed E-state index contributed by atoms with van der Waals surface area (Å²) in [5.74, 6) is -2.58. The quantitative estimate of drug-likeness (QED) is 0.420. The van der Waals surface area contributed by atoms with Crippen molar-refractivity contribution in [1.29, 1.82) is 0 Å². The fourth-order valence-corrected chi connectivity index (χ4v) is 2.96. The lowest BCUT2D eigenvalue weighted by atomic mass is 9.92. The molecule has 150 valence electrons. The predicted octanol–water partition coefficient (Wildman–Crippen LogP) is 2.04. The third kappa shape index (κ3) is 4.15. The standard InChI is InChI=1S/C18H14Cl2N4O5/c1-18(10-5-3-2-4-6-10)16(27)24(17(28)22-18)23-13(25)9-29-15(26)14-11(19)7-8-12(20)21-14/h2-8H,9H2,1H3,(H,22,28)(H,23,25)/t18-/m1/s1. The number of pyridine rings is 1. The highest BCUT2D eigenvalue weighted by Crippen LogP contribution is 2.27. The summed E-state index contributed by atoms with van der Waals surface area (Å²) in [7, 11) is 0. The van der Waals surface area contributed by atoms with E-state index >= 15 is 0 Å². The van der Waals surface area contributed by atoms with E-state index in [9.17, 15) is 19.2 Å². The molecule has 0 radical (unpaired) electrons. The second kappa shape index (κ2) is 8.06. The van der Waals surface area contributed by atoms with Crippen molar-refractivity contribution < 1.29 is 23.9 Å². The lowest BCUT2D eigenvalue weighted by Crippen LogP contribution is -2.49. The molecule has 1 aliphatic rings. The number of carbonyl (C=O) groups is 4. The average Bonchev–Trinajstić information content (AvgIpc) is 2.92. The van der Waals surface area contributed by atoms with E-state index in [1.165, 1.54) is 19.1 Å². The number of halogens is 2. The lowest BCUT2D eigenvalue weighted by Gasteiger charge is -2.22. The van der Waals surface area contributed by atoms with Gasteiger partial charge in [0.1, 0.15) is 10.7 Å². The molecule has 1 saturated heterocycles. The van der Waals surface area contributed by atoms with Gasteiger partial charge in [0.05, 0.1) is 5.02 Å². The Morgan fingerprint density at radius 2 is 1.86 bits per heavy atom. The normalized spacial score (nSPS) is 18.4. The zero-order valence-electron chi connectivity index (χ0n) is 14.9. The van der Waals surface area contributed by atoms with Crippen molar-refractivity contribution >= 4 is 47.0 Å². The summed E-state index contributed by atoms with van der Waals surface area (Å²) < 4.78 is 4.82. The molecule has 2 N–H and O–H groups in total. The summed E-state index contributed by atoms with van der Waals surface area (Å²) in [4.78, 5) is 52.7. The fourth-order valence-electron chi connectivity index (χ4n) is 2.63. The van der Waals surface area contributed by atoms with Gasteiger partial charge < -0.3 is 10.1 Å². The summed E-state index contributed by atoms with van der Waals surface area (Å²) >= 11 is 11.5. The van der Waals surface area contributed by atoms with E-state index in [1.807, 2.05) is 0 Å². The van der Waals surface area contributed by atoms with E-state index in [4.69, 9.17) is 27.9 Å². The van der Waals surface area contributed by atoms with Crippen LogP contribution in [0.15, 0.2) is 42.5 Å². The van der Waals surface area contributed by atoms with Crippen LogP contribution in [0.1, 0.15) is 23.0 Å². The molecule has 2 aromatic rings. The van der Waals surface area contributed by atoms with Crippen LogP contribution >= 0.6 is 23.2 Å². The first-order valence-corrected chi connectivity index (χ1v) is 8.99. The average molecular weight is 437 g/mol. The number of ether oxygens (including phenoxy) is 1. The molecule has 3 rings (SSSR count). The molecule has 1 fully saturated rings. The van der Waals surface area contributed by atoms with Crippen molar-refractivity contribution in [3.8, 4) is 0 Å². The number of amides is 4. The van der Waals surface area contributed by atoms with Gasteiger partial charge >= 0.3 is 12.0 Å². The fraction of sp³-hybridized carbons (Fsp3) is 0.167. The van der Waals surface area contributed by atoms with Crippen LogP contribution < -0.4 is 10.7 Å². The van der Waals surface area contributed by atoms with E-state index in [0.717, 1.165) is 0 Å². The van der Waals surface area contributed by atoms with Gasteiger partial charge in [-0.2, -0.15) is 5.01 Å². The molecule has 9 nitrogen and oxygen atoms in total. The van der Waals surface area contributed by atoms with Gasteiger partial charge in [-0.3, -0.25) is 15.0 Å². The zero-order valence-corrected chi connectivity index (χ0v) is 16.5. The Kier molecular flexibility index (Phi) is 5.71. The molecule has 2 heterocycles. The minimum absolute atomic E-state index is 0.00691. The first-order valence-electron chi connectivity index (χ1n) is 8.23. The Bertz CT molecular complexity index is 1000. The van der Waals surface area contributed by atoms with Gasteiger partial charge in [-0.05, 0) is 24.6 Å². The van der Waals surface area contributed by atoms with Gasteiger partial charge in [0, 0.05) is 0 Å². The van der Waals surface area contributed by atoms with Gasteiger partial charge in [0.2, 0.25) is 0 Å². The number of hydrazine groups is 1. The highest BCUT2D eigenvalue weighted by molar-refractivity contribution is 6.34. The third-order valence-corrected chi connectivity index (χ3v) is 4.63. The number of imide groups is 1. The molecule has 1 aliphatic heterocycles. The monoisotopic (exact) mass is 436 g/mol. The molecular formula is C18H14Cl2N4O5. The number of hydrogen-bond donors (Lipinski definition) is 2. The number of nitrogens with zero attached hydrogens (tertiary/aromatic N) is 2. The molecule has 1 atom stereocenters. The van der Waals surface area contributed by atoms with Crippen LogP contribution in [0.25, 0.3) is 0 Å². The Hall–Kier alpha value is -3.17. The van der Waals surface area contributed by atoms with E-state index in [1.54, 1.807) is 30.3 Å². The van der Waals surface area contributed by atoms with E-state index < -0.39 is 36.0 Å². The van der Waals surface area contributed by atoms with Gasteiger partial charge in [-0.1, -0.05) is 53.5 Å². The number of hydrogen-bond acceptors (Lipinski definition) is 6. The van der Waals surface area contributed by atoms with Gasteiger partial charge in [-0.25, -0.2) is 14.6 Å². The number of benzene rings is 1. The Labute approximate surface area is 174 Å². The number of rotatable bonds is 5. The topological polar surface area (TPSA) is 118 Å². The molecule has 11 heteroatoms. The second-order valence-corrected chi connectivity index (χ2v) is 6.93. The summed E-state index contributed by atoms with van der Waals surface area (Å²) in [6.07, 6.45) is 0. The molecule has 4 amide bonds. The molecule has 0 spiro atoms. The number of carbonyl (C=O) groups excluding carboxylic acids is 4. The third-order valence-electron chi connectivity index (χ3n) is 4.12. The van der Waals surface area contributed by atoms with Crippen LogP contribution in [0.3, 0.4) is 0 Å². The van der Waals surface area contributed by atoms with E-state index in [2.05, 4.69) is 15.7 Å². The van der Waals surface area contributed by atoms with Gasteiger partial charge in [-0.15, -0.1) is 0 Å². The summed E-state index contributed by atoms with van der Waals surface area (Å²) in [6.45, 7) is 0.740. The maximum atomic E-state index is 12.7. The molecule has 1 aromatic heterocycles. The van der Waals surface area contributed by atoms with E-state index in [-0.39, 0.29) is 15.9 Å². The smallest absolute Gasteiger partial charge is 0.359 e. The van der Waals surface area contributed by atoms with Crippen LogP contribution in [-0.4, -0.2) is 40.4 Å². The van der Waals surface area contributed by atoms with Crippen molar-refractivity contribution in [2.75, 3.05) is 6.61 Å². The number of aromatic nitrogens is 1.